The van der Waals surface area contributed by atoms with Crippen molar-refractivity contribution in [2.24, 2.45) is 0 Å². The predicted molar refractivity (Wildman–Crippen MR) is 55.9 cm³/mol. The third-order valence-corrected chi connectivity index (χ3v) is 2.96. The molecule has 0 saturated carbocycles. The van der Waals surface area contributed by atoms with E-state index in [9.17, 15) is 4.79 Å². The molecule has 82 valence electrons. The minimum atomic E-state index is -0.166. The largest absolute Gasteiger partial charge is 0.457 e. The van der Waals surface area contributed by atoms with Crippen LogP contribution in [0.25, 0.3) is 0 Å². The quantitative estimate of drug-likeness (QED) is 0.510. The summed E-state index contributed by atoms with van der Waals surface area (Å²) in [6, 6.07) is 0. The third-order valence-electron chi connectivity index (χ3n) is 2.96. The summed E-state index contributed by atoms with van der Waals surface area (Å²) in [4.78, 5) is 10.8. The summed E-state index contributed by atoms with van der Waals surface area (Å²) in [5.74, 6) is -0.166. The lowest BCUT2D eigenvalue weighted by Crippen LogP contribution is -2.52. The average molecular weight is 200 g/mol. The van der Waals surface area contributed by atoms with Gasteiger partial charge in [-0.25, -0.2) is 0 Å². The number of piperidine rings is 1. The fourth-order valence-electron chi connectivity index (χ4n) is 2.40. The van der Waals surface area contributed by atoms with Gasteiger partial charge in [-0.3, -0.25) is 4.79 Å². The first-order valence-electron chi connectivity index (χ1n) is 5.53. The van der Waals surface area contributed by atoms with Gasteiger partial charge in [0.15, 0.2) is 0 Å². The Hall–Kier alpha value is -0.570. The molecule has 0 N–H and O–H groups in total. The summed E-state index contributed by atoms with van der Waals surface area (Å²) in [5.41, 5.74) is 0. The lowest BCUT2D eigenvalue weighted by molar-refractivity contribution is -0.916. The zero-order valence-corrected chi connectivity index (χ0v) is 9.58. The molecule has 1 heterocycles. The molecule has 1 aliphatic heterocycles. The van der Waals surface area contributed by atoms with Crippen LogP contribution >= 0.6 is 0 Å². The number of carbonyl (C=O) groups is 1. The van der Waals surface area contributed by atoms with Gasteiger partial charge in [-0.05, 0) is 26.2 Å². The van der Waals surface area contributed by atoms with Gasteiger partial charge in [0.05, 0.1) is 20.1 Å². The number of likely N-dealkylation sites (tertiary alicyclic amines) is 1. The average Bonchev–Trinajstić information content (AvgIpc) is 2.02. The number of nitrogens with zero attached hydrogens (tertiary/aromatic N) is 1. The van der Waals surface area contributed by atoms with Gasteiger partial charge in [-0.2, -0.15) is 0 Å². The van der Waals surface area contributed by atoms with E-state index >= 15 is 0 Å². The van der Waals surface area contributed by atoms with E-state index in [-0.39, 0.29) is 12.1 Å². The summed E-state index contributed by atoms with van der Waals surface area (Å²) in [6.45, 7) is 6.88. The molecular weight excluding hydrogens is 178 g/mol. The Balaban J connectivity index is 2.36. The van der Waals surface area contributed by atoms with Crippen molar-refractivity contribution in [3.8, 4) is 0 Å². The number of likely N-dealkylation sites (N-methyl/N-ethyl adjacent to an activating group) is 1. The first kappa shape index (κ1) is 11.5. The standard InChI is InChI=1S/C11H22NO2/c1-10(14-11(2)13)9-12(3)7-5-4-6-8-12/h10H,4-9H2,1-3H3/q+1. The van der Waals surface area contributed by atoms with Crippen molar-refractivity contribution in [2.75, 3.05) is 26.7 Å². The molecule has 0 radical (unpaired) electrons. The number of quaternary nitrogens is 1. The van der Waals surface area contributed by atoms with E-state index in [1.165, 1.54) is 39.3 Å². The summed E-state index contributed by atoms with van der Waals surface area (Å²) in [6.07, 6.45) is 4.03. The van der Waals surface area contributed by atoms with Crippen molar-refractivity contribution in [3.63, 3.8) is 0 Å². The van der Waals surface area contributed by atoms with E-state index in [0.717, 1.165) is 11.0 Å². The van der Waals surface area contributed by atoms with Crippen molar-refractivity contribution in [2.45, 2.75) is 39.2 Å². The molecule has 0 bridgehead atoms. The van der Waals surface area contributed by atoms with Gasteiger partial charge < -0.3 is 9.22 Å². The fourth-order valence-corrected chi connectivity index (χ4v) is 2.40. The number of ether oxygens (including phenoxy) is 1. The minimum absolute atomic E-state index is 0.0515. The van der Waals surface area contributed by atoms with Crippen LogP contribution in [-0.2, 0) is 9.53 Å². The lowest BCUT2D eigenvalue weighted by atomic mass is 10.1. The minimum Gasteiger partial charge on any atom is -0.457 e. The maximum Gasteiger partial charge on any atom is 0.303 e. The molecule has 1 unspecified atom stereocenters. The number of esters is 1. The topological polar surface area (TPSA) is 26.3 Å². The molecule has 0 aromatic rings. The molecule has 3 nitrogen and oxygen atoms in total. The van der Waals surface area contributed by atoms with E-state index in [1.54, 1.807) is 0 Å². The molecule has 0 amide bonds. The van der Waals surface area contributed by atoms with Crippen LogP contribution in [0, 0.1) is 0 Å². The van der Waals surface area contributed by atoms with Crippen LogP contribution in [0.2, 0.25) is 0 Å². The highest BCUT2D eigenvalue weighted by Gasteiger charge is 2.27. The third kappa shape index (κ3) is 3.66. The Morgan fingerprint density at radius 3 is 2.43 bits per heavy atom. The van der Waals surface area contributed by atoms with Gasteiger partial charge in [0.2, 0.25) is 0 Å². The second-order valence-corrected chi connectivity index (χ2v) is 4.73. The number of hydrogen-bond acceptors (Lipinski definition) is 2. The van der Waals surface area contributed by atoms with Crippen LogP contribution in [0.15, 0.2) is 0 Å². The number of carbonyl (C=O) groups excluding carboxylic acids is 1. The summed E-state index contributed by atoms with van der Waals surface area (Å²) >= 11 is 0. The maximum absolute atomic E-state index is 10.8. The maximum atomic E-state index is 10.8. The molecule has 14 heavy (non-hydrogen) atoms. The first-order chi connectivity index (χ1) is 6.52. The van der Waals surface area contributed by atoms with Crippen LogP contribution in [0.5, 0.6) is 0 Å². The van der Waals surface area contributed by atoms with E-state index in [0.29, 0.717) is 0 Å². The molecule has 1 atom stereocenters. The van der Waals surface area contributed by atoms with Gasteiger partial charge >= 0.3 is 5.97 Å². The predicted octanol–water partition coefficient (Wildman–Crippen LogP) is 1.57. The molecule has 1 fully saturated rings. The Morgan fingerprint density at radius 2 is 1.93 bits per heavy atom. The molecule has 0 aromatic carbocycles. The molecule has 1 rings (SSSR count). The summed E-state index contributed by atoms with van der Waals surface area (Å²) in [7, 11) is 2.26. The van der Waals surface area contributed by atoms with Crippen molar-refractivity contribution in [1.29, 1.82) is 0 Å². The normalized spacial score (nSPS) is 22.8. The van der Waals surface area contributed by atoms with Crippen LogP contribution in [0.1, 0.15) is 33.1 Å². The zero-order chi connectivity index (χ0) is 10.6. The molecule has 3 heteroatoms. The van der Waals surface area contributed by atoms with E-state index in [4.69, 9.17) is 4.74 Å². The van der Waals surface area contributed by atoms with Crippen molar-refractivity contribution in [3.05, 3.63) is 0 Å². The second-order valence-electron chi connectivity index (χ2n) is 4.73. The lowest BCUT2D eigenvalue weighted by Gasteiger charge is -2.39. The second kappa shape index (κ2) is 4.78. The van der Waals surface area contributed by atoms with Crippen LogP contribution in [0.4, 0.5) is 0 Å². The van der Waals surface area contributed by atoms with E-state index in [2.05, 4.69) is 7.05 Å². The van der Waals surface area contributed by atoms with Crippen molar-refractivity contribution < 1.29 is 14.0 Å². The monoisotopic (exact) mass is 200 g/mol. The van der Waals surface area contributed by atoms with Gasteiger partial charge in [0, 0.05) is 6.92 Å². The molecule has 0 aromatic heterocycles. The van der Waals surface area contributed by atoms with Crippen LogP contribution in [0.3, 0.4) is 0 Å². The zero-order valence-electron chi connectivity index (χ0n) is 9.58. The highest BCUT2D eigenvalue weighted by Crippen LogP contribution is 2.17. The van der Waals surface area contributed by atoms with Gasteiger partial charge in [0.1, 0.15) is 12.6 Å². The van der Waals surface area contributed by atoms with Crippen molar-refractivity contribution >= 4 is 5.97 Å². The Morgan fingerprint density at radius 1 is 1.36 bits per heavy atom. The molecule has 1 aliphatic rings. The fraction of sp³-hybridized carbons (Fsp3) is 0.909. The smallest absolute Gasteiger partial charge is 0.303 e. The van der Waals surface area contributed by atoms with Gasteiger partial charge in [-0.1, -0.05) is 0 Å². The van der Waals surface area contributed by atoms with Crippen LogP contribution < -0.4 is 0 Å². The van der Waals surface area contributed by atoms with E-state index in [1.807, 2.05) is 6.92 Å². The molecule has 0 aliphatic carbocycles. The SMILES string of the molecule is CC(=O)OC(C)C[N+]1(C)CCCCC1. The summed E-state index contributed by atoms with van der Waals surface area (Å²) in [5, 5.41) is 0. The van der Waals surface area contributed by atoms with Crippen molar-refractivity contribution in [1.82, 2.24) is 0 Å². The molecular formula is C11H22NO2+. The Labute approximate surface area is 86.6 Å². The highest BCUT2D eigenvalue weighted by molar-refractivity contribution is 5.66. The molecule has 1 saturated heterocycles. The summed E-state index contributed by atoms with van der Waals surface area (Å²) < 4.78 is 6.23. The number of hydrogen-bond donors (Lipinski definition) is 0. The Kier molecular flexibility index (Phi) is 3.93. The van der Waals surface area contributed by atoms with Gasteiger partial charge in [-0.15, -0.1) is 0 Å². The number of rotatable bonds is 3. The first-order valence-corrected chi connectivity index (χ1v) is 5.53. The van der Waals surface area contributed by atoms with E-state index < -0.39 is 0 Å². The van der Waals surface area contributed by atoms with Crippen LogP contribution in [-0.4, -0.2) is 43.2 Å². The van der Waals surface area contributed by atoms with Gasteiger partial charge in [0.25, 0.3) is 0 Å². The molecule has 0 spiro atoms. The highest BCUT2D eigenvalue weighted by atomic mass is 16.5. The Bertz CT molecular complexity index is 197.